The maximum atomic E-state index is 11.5. The predicted molar refractivity (Wildman–Crippen MR) is 58.2 cm³/mol. The summed E-state index contributed by atoms with van der Waals surface area (Å²) in [6, 6.07) is 1.69. The number of anilines is 1. The first-order chi connectivity index (χ1) is 7.13. The van der Waals surface area contributed by atoms with Gasteiger partial charge < -0.3 is 10.4 Å². The minimum absolute atomic E-state index is 0.0484. The van der Waals surface area contributed by atoms with Gasteiger partial charge in [-0.15, -0.1) is 0 Å². The number of rotatable bonds is 4. The Morgan fingerprint density at radius 3 is 2.93 bits per heavy atom. The van der Waals surface area contributed by atoms with Crippen molar-refractivity contribution in [3.8, 4) is 0 Å². The van der Waals surface area contributed by atoms with Crippen LogP contribution in [-0.2, 0) is 11.4 Å². The quantitative estimate of drug-likeness (QED) is 0.789. The Morgan fingerprint density at radius 1 is 1.60 bits per heavy atom. The molecule has 0 fully saturated rings. The molecular formula is C11H16N2O2. The summed E-state index contributed by atoms with van der Waals surface area (Å²) < 4.78 is 0. The van der Waals surface area contributed by atoms with Crippen molar-refractivity contribution in [3.05, 3.63) is 24.0 Å². The summed E-state index contributed by atoms with van der Waals surface area (Å²) in [6.45, 7) is 3.87. The van der Waals surface area contributed by atoms with Gasteiger partial charge in [-0.1, -0.05) is 13.8 Å². The molecule has 0 radical (unpaired) electrons. The third-order valence-electron chi connectivity index (χ3n) is 1.95. The van der Waals surface area contributed by atoms with E-state index < -0.39 is 0 Å². The molecule has 0 spiro atoms. The molecule has 4 heteroatoms. The summed E-state index contributed by atoms with van der Waals surface area (Å²) in [4.78, 5) is 15.4. The number of hydrogen-bond acceptors (Lipinski definition) is 3. The molecule has 4 nitrogen and oxygen atoms in total. The van der Waals surface area contributed by atoms with Gasteiger partial charge in [-0.2, -0.15) is 0 Å². The van der Waals surface area contributed by atoms with Crippen molar-refractivity contribution in [1.29, 1.82) is 0 Å². The Kier molecular flexibility index (Phi) is 4.24. The number of pyridine rings is 1. The average molecular weight is 208 g/mol. The number of carbonyl (C=O) groups is 1. The van der Waals surface area contributed by atoms with Crippen LogP contribution in [0.3, 0.4) is 0 Å². The highest BCUT2D eigenvalue weighted by molar-refractivity contribution is 5.91. The maximum Gasteiger partial charge on any atom is 0.224 e. The normalized spacial score (nSPS) is 10.4. The van der Waals surface area contributed by atoms with Crippen LogP contribution >= 0.6 is 0 Å². The van der Waals surface area contributed by atoms with Gasteiger partial charge in [0.1, 0.15) is 0 Å². The van der Waals surface area contributed by atoms with E-state index >= 15 is 0 Å². The van der Waals surface area contributed by atoms with Crippen LogP contribution in [0.5, 0.6) is 0 Å². The number of aliphatic hydroxyl groups is 1. The molecule has 0 bridgehead atoms. The van der Waals surface area contributed by atoms with Gasteiger partial charge in [0.15, 0.2) is 0 Å². The predicted octanol–water partition coefficient (Wildman–Crippen LogP) is 1.56. The topological polar surface area (TPSA) is 62.2 Å². The van der Waals surface area contributed by atoms with E-state index in [1.807, 2.05) is 13.8 Å². The van der Waals surface area contributed by atoms with Crippen molar-refractivity contribution < 1.29 is 9.90 Å². The number of hydrogen-bond donors (Lipinski definition) is 2. The Bertz CT molecular complexity index is 337. The first-order valence-electron chi connectivity index (χ1n) is 4.97. The second kappa shape index (κ2) is 5.46. The van der Waals surface area contributed by atoms with E-state index in [1.165, 1.54) is 0 Å². The van der Waals surface area contributed by atoms with E-state index in [9.17, 15) is 4.79 Å². The fourth-order valence-corrected chi connectivity index (χ4v) is 1.25. The zero-order chi connectivity index (χ0) is 11.3. The lowest BCUT2D eigenvalue weighted by molar-refractivity contribution is -0.116. The Hall–Kier alpha value is -1.42. The van der Waals surface area contributed by atoms with Gasteiger partial charge in [-0.05, 0) is 12.0 Å². The Balaban J connectivity index is 2.67. The van der Waals surface area contributed by atoms with Crippen LogP contribution in [0.2, 0.25) is 0 Å². The summed E-state index contributed by atoms with van der Waals surface area (Å²) in [5, 5.41) is 11.8. The van der Waals surface area contributed by atoms with E-state index in [0.29, 0.717) is 23.6 Å². The fourth-order valence-electron chi connectivity index (χ4n) is 1.25. The van der Waals surface area contributed by atoms with Crippen molar-refractivity contribution in [2.24, 2.45) is 5.92 Å². The van der Waals surface area contributed by atoms with Crippen LogP contribution in [0, 0.1) is 5.92 Å². The molecule has 0 aliphatic carbocycles. The second-order valence-electron chi connectivity index (χ2n) is 3.84. The zero-order valence-corrected chi connectivity index (χ0v) is 9.03. The van der Waals surface area contributed by atoms with Crippen molar-refractivity contribution in [3.63, 3.8) is 0 Å². The molecule has 1 rings (SSSR count). The smallest absolute Gasteiger partial charge is 0.224 e. The van der Waals surface area contributed by atoms with Crippen molar-refractivity contribution in [2.75, 3.05) is 5.32 Å². The molecule has 1 aromatic rings. The average Bonchev–Trinajstić information content (AvgIpc) is 2.17. The second-order valence-corrected chi connectivity index (χ2v) is 3.84. The number of nitrogens with zero attached hydrogens (tertiary/aromatic N) is 1. The summed E-state index contributed by atoms with van der Waals surface area (Å²) in [7, 11) is 0. The molecule has 1 amide bonds. The molecule has 0 saturated heterocycles. The van der Waals surface area contributed by atoms with E-state index in [4.69, 9.17) is 5.11 Å². The number of aromatic nitrogens is 1. The van der Waals surface area contributed by atoms with E-state index in [-0.39, 0.29) is 12.5 Å². The third-order valence-corrected chi connectivity index (χ3v) is 1.95. The molecular weight excluding hydrogens is 192 g/mol. The van der Waals surface area contributed by atoms with Crippen LogP contribution in [-0.4, -0.2) is 16.0 Å². The Labute approximate surface area is 89.3 Å². The molecule has 0 aliphatic heterocycles. The van der Waals surface area contributed by atoms with Crippen molar-refractivity contribution in [2.45, 2.75) is 26.9 Å². The van der Waals surface area contributed by atoms with Gasteiger partial charge in [0.05, 0.1) is 18.5 Å². The lowest BCUT2D eigenvalue weighted by Crippen LogP contribution is -2.15. The summed E-state index contributed by atoms with van der Waals surface area (Å²) in [5.74, 6) is 0.270. The number of amides is 1. The number of carbonyl (C=O) groups excluding carboxylic acids is 1. The van der Waals surface area contributed by atoms with E-state index in [0.717, 1.165) is 0 Å². The summed E-state index contributed by atoms with van der Waals surface area (Å²) >= 11 is 0. The first kappa shape index (κ1) is 11.7. The molecule has 0 unspecified atom stereocenters. The highest BCUT2D eigenvalue weighted by Gasteiger charge is 2.07. The van der Waals surface area contributed by atoms with Crippen molar-refractivity contribution in [1.82, 2.24) is 4.98 Å². The minimum Gasteiger partial charge on any atom is -0.392 e. The van der Waals surface area contributed by atoms with Crippen molar-refractivity contribution >= 4 is 11.6 Å². The van der Waals surface area contributed by atoms with Crippen LogP contribution in [0.4, 0.5) is 5.69 Å². The highest BCUT2D eigenvalue weighted by atomic mass is 16.3. The molecule has 0 aromatic carbocycles. The van der Waals surface area contributed by atoms with Gasteiger partial charge in [-0.3, -0.25) is 9.78 Å². The van der Waals surface area contributed by atoms with Crippen LogP contribution < -0.4 is 5.32 Å². The summed E-state index contributed by atoms with van der Waals surface area (Å²) in [6.07, 6.45) is 3.60. The molecule has 0 aliphatic rings. The maximum absolute atomic E-state index is 11.5. The van der Waals surface area contributed by atoms with Crippen LogP contribution in [0.25, 0.3) is 0 Å². The molecule has 82 valence electrons. The zero-order valence-electron chi connectivity index (χ0n) is 9.03. The van der Waals surface area contributed by atoms with E-state index in [1.54, 1.807) is 18.5 Å². The molecule has 1 heterocycles. The number of nitrogens with one attached hydrogen (secondary N) is 1. The minimum atomic E-state index is -0.0974. The highest BCUT2D eigenvalue weighted by Crippen LogP contribution is 2.14. The van der Waals surface area contributed by atoms with E-state index in [2.05, 4.69) is 10.3 Å². The molecule has 0 saturated carbocycles. The van der Waals surface area contributed by atoms with Gasteiger partial charge in [0.25, 0.3) is 0 Å². The van der Waals surface area contributed by atoms with Crippen LogP contribution in [0.15, 0.2) is 18.5 Å². The standard InChI is InChI=1S/C11H16N2O2/c1-8(2)5-11(15)13-10-6-12-4-3-9(10)7-14/h3-4,6,8,14H,5,7H2,1-2H3,(H,13,15). The largest absolute Gasteiger partial charge is 0.392 e. The lowest BCUT2D eigenvalue weighted by Gasteiger charge is -2.09. The van der Waals surface area contributed by atoms with Crippen LogP contribution in [0.1, 0.15) is 25.8 Å². The number of aliphatic hydroxyl groups excluding tert-OH is 1. The van der Waals surface area contributed by atoms with Gasteiger partial charge >= 0.3 is 0 Å². The summed E-state index contributed by atoms with van der Waals surface area (Å²) in [5.41, 5.74) is 1.27. The monoisotopic (exact) mass is 208 g/mol. The Morgan fingerprint density at radius 2 is 2.33 bits per heavy atom. The van der Waals surface area contributed by atoms with Gasteiger partial charge in [0.2, 0.25) is 5.91 Å². The third kappa shape index (κ3) is 3.67. The fraction of sp³-hybridized carbons (Fsp3) is 0.455. The molecule has 0 atom stereocenters. The van der Waals surface area contributed by atoms with Gasteiger partial charge in [-0.25, -0.2) is 0 Å². The molecule has 1 aromatic heterocycles. The van der Waals surface area contributed by atoms with Gasteiger partial charge in [0, 0.05) is 18.2 Å². The molecule has 2 N–H and O–H groups in total. The first-order valence-corrected chi connectivity index (χ1v) is 4.97. The molecule has 15 heavy (non-hydrogen) atoms. The SMILES string of the molecule is CC(C)CC(=O)Nc1cnccc1CO. The lowest BCUT2D eigenvalue weighted by atomic mass is 10.1.